The van der Waals surface area contributed by atoms with Crippen LogP contribution in [0.1, 0.15) is 26.7 Å². The van der Waals surface area contributed by atoms with Crippen LogP contribution in [0.15, 0.2) is 0 Å². The highest BCUT2D eigenvalue weighted by molar-refractivity contribution is 5.79. The Balaban J connectivity index is 1.83. The van der Waals surface area contributed by atoms with Crippen LogP contribution in [0.2, 0.25) is 0 Å². The van der Waals surface area contributed by atoms with Crippen molar-refractivity contribution in [2.24, 2.45) is 11.8 Å². The summed E-state index contributed by atoms with van der Waals surface area (Å²) in [5.74, 6) is 1.93. The summed E-state index contributed by atoms with van der Waals surface area (Å²) in [6.07, 6.45) is 2.45. The van der Waals surface area contributed by atoms with Crippen molar-refractivity contribution in [1.82, 2.24) is 10.2 Å². The molecule has 3 nitrogen and oxygen atoms in total. The Morgan fingerprint density at radius 1 is 1.43 bits per heavy atom. The summed E-state index contributed by atoms with van der Waals surface area (Å²) in [4.78, 5) is 13.6. The smallest absolute Gasteiger partial charge is 0.236 e. The molecular formula is C11H20N2O. The predicted molar refractivity (Wildman–Crippen MR) is 55.9 cm³/mol. The fourth-order valence-electron chi connectivity index (χ4n) is 2.44. The number of nitrogens with zero attached hydrogens (tertiary/aromatic N) is 1. The van der Waals surface area contributed by atoms with Crippen molar-refractivity contribution in [3.8, 4) is 0 Å². The highest BCUT2D eigenvalue weighted by Crippen LogP contribution is 2.36. The van der Waals surface area contributed by atoms with Crippen LogP contribution >= 0.6 is 0 Å². The van der Waals surface area contributed by atoms with Crippen molar-refractivity contribution in [2.75, 3.05) is 19.6 Å². The number of rotatable bonds is 2. The Kier molecular flexibility index (Phi) is 2.77. The summed E-state index contributed by atoms with van der Waals surface area (Å²) in [6.45, 7) is 6.98. The van der Waals surface area contributed by atoms with Crippen LogP contribution in [0.5, 0.6) is 0 Å². The third-order valence-corrected chi connectivity index (χ3v) is 3.66. The molecule has 14 heavy (non-hydrogen) atoms. The zero-order valence-corrected chi connectivity index (χ0v) is 9.12. The molecule has 2 aliphatic rings. The lowest BCUT2D eigenvalue weighted by molar-refractivity contribution is -0.137. The van der Waals surface area contributed by atoms with Crippen LogP contribution in [-0.4, -0.2) is 36.5 Å². The Morgan fingerprint density at radius 2 is 2.14 bits per heavy atom. The van der Waals surface area contributed by atoms with E-state index in [1.807, 2.05) is 0 Å². The molecule has 0 aromatic heterocycles. The molecule has 0 aromatic rings. The van der Waals surface area contributed by atoms with Gasteiger partial charge in [-0.1, -0.05) is 13.8 Å². The van der Waals surface area contributed by atoms with Gasteiger partial charge in [0.2, 0.25) is 5.91 Å². The minimum atomic E-state index is 0.295. The molecule has 2 fully saturated rings. The van der Waals surface area contributed by atoms with E-state index in [9.17, 15) is 4.79 Å². The summed E-state index contributed by atoms with van der Waals surface area (Å²) in [6, 6.07) is 0.553. The van der Waals surface area contributed by atoms with Crippen LogP contribution in [0.25, 0.3) is 0 Å². The van der Waals surface area contributed by atoms with E-state index in [1.54, 1.807) is 0 Å². The molecule has 1 aliphatic carbocycles. The van der Waals surface area contributed by atoms with Gasteiger partial charge in [0.15, 0.2) is 0 Å². The van der Waals surface area contributed by atoms with Gasteiger partial charge in [0.05, 0.1) is 6.54 Å². The molecule has 1 saturated heterocycles. The zero-order chi connectivity index (χ0) is 10.1. The quantitative estimate of drug-likeness (QED) is 0.710. The average molecular weight is 196 g/mol. The Labute approximate surface area is 85.8 Å². The van der Waals surface area contributed by atoms with Gasteiger partial charge in [-0.05, 0) is 24.7 Å². The second-order valence-electron chi connectivity index (χ2n) is 4.89. The topological polar surface area (TPSA) is 32.3 Å². The molecule has 0 unspecified atom stereocenters. The summed E-state index contributed by atoms with van der Waals surface area (Å²) in [5, 5.41) is 3.11. The normalized spacial score (nSPS) is 33.4. The molecule has 0 spiro atoms. The maximum atomic E-state index is 11.6. The van der Waals surface area contributed by atoms with Gasteiger partial charge in [-0.25, -0.2) is 0 Å². The van der Waals surface area contributed by atoms with Crippen molar-refractivity contribution >= 4 is 5.91 Å². The number of piperazine rings is 1. The summed E-state index contributed by atoms with van der Waals surface area (Å²) < 4.78 is 0. The van der Waals surface area contributed by atoms with E-state index in [0.717, 1.165) is 24.9 Å². The molecule has 1 heterocycles. The highest BCUT2D eigenvalue weighted by atomic mass is 16.2. The van der Waals surface area contributed by atoms with E-state index in [-0.39, 0.29) is 0 Å². The lowest BCUT2D eigenvalue weighted by Gasteiger charge is -2.46. The van der Waals surface area contributed by atoms with E-state index in [0.29, 0.717) is 18.5 Å². The molecule has 0 radical (unpaired) electrons. The fraction of sp³-hybridized carbons (Fsp3) is 0.909. The molecule has 0 bridgehead atoms. The Hall–Kier alpha value is -0.570. The van der Waals surface area contributed by atoms with E-state index in [1.165, 1.54) is 12.8 Å². The zero-order valence-electron chi connectivity index (χ0n) is 9.12. The van der Waals surface area contributed by atoms with Crippen LogP contribution in [-0.2, 0) is 4.79 Å². The van der Waals surface area contributed by atoms with Gasteiger partial charge in [0, 0.05) is 19.1 Å². The van der Waals surface area contributed by atoms with Gasteiger partial charge in [0.25, 0.3) is 0 Å². The molecule has 3 heteroatoms. The lowest BCUT2D eigenvalue weighted by Crippen LogP contribution is -2.56. The van der Waals surface area contributed by atoms with E-state index in [2.05, 4.69) is 24.1 Å². The average Bonchev–Trinajstić information content (AvgIpc) is 2.05. The van der Waals surface area contributed by atoms with Crippen LogP contribution in [0, 0.1) is 11.8 Å². The van der Waals surface area contributed by atoms with Crippen LogP contribution in [0.3, 0.4) is 0 Å². The van der Waals surface area contributed by atoms with Gasteiger partial charge in [-0.3, -0.25) is 4.79 Å². The van der Waals surface area contributed by atoms with Gasteiger partial charge >= 0.3 is 0 Å². The first-order valence-electron chi connectivity index (χ1n) is 5.68. The van der Waals surface area contributed by atoms with Gasteiger partial charge < -0.3 is 10.2 Å². The number of hydrogen-bond acceptors (Lipinski definition) is 2. The number of carbonyl (C=O) groups excluding carboxylic acids is 1. The molecule has 80 valence electrons. The monoisotopic (exact) mass is 196 g/mol. The van der Waals surface area contributed by atoms with Crippen LogP contribution < -0.4 is 5.32 Å². The number of amides is 1. The van der Waals surface area contributed by atoms with E-state index >= 15 is 0 Å². The van der Waals surface area contributed by atoms with E-state index < -0.39 is 0 Å². The minimum absolute atomic E-state index is 0.295. The van der Waals surface area contributed by atoms with Gasteiger partial charge in [0.1, 0.15) is 0 Å². The molecular weight excluding hydrogens is 176 g/mol. The maximum absolute atomic E-state index is 11.6. The number of carbonyl (C=O) groups is 1. The standard InChI is InChI=1S/C11H20N2O/c1-8(2)9-5-10(6-9)13-4-3-12-7-11(13)14/h8-10,12H,3-7H2,1-2H3. The second-order valence-corrected chi connectivity index (χ2v) is 4.89. The van der Waals surface area contributed by atoms with E-state index in [4.69, 9.17) is 0 Å². The predicted octanol–water partition coefficient (Wildman–Crippen LogP) is 0.853. The summed E-state index contributed by atoms with van der Waals surface area (Å²) in [7, 11) is 0. The third-order valence-electron chi connectivity index (χ3n) is 3.66. The number of nitrogens with one attached hydrogen (secondary N) is 1. The first kappa shape index (κ1) is 9.97. The van der Waals surface area contributed by atoms with Crippen LogP contribution in [0.4, 0.5) is 0 Å². The first-order chi connectivity index (χ1) is 6.68. The first-order valence-corrected chi connectivity index (χ1v) is 5.68. The molecule has 0 atom stereocenters. The van der Waals surface area contributed by atoms with Crippen molar-refractivity contribution in [2.45, 2.75) is 32.7 Å². The maximum Gasteiger partial charge on any atom is 0.236 e. The second kappa shape index (κ2) is 3.89. The third kappa shape index (κ3) is 1.78. The van der Waals surface area contributed by atoms with Gasteiger partial charge in [-0.15, -0.1) is 0 Å². The fourth-order valence-corrected chi connectivity index (χ4v) is 2.44. The molecule has 1 N–H and O–H groups in total. The lowest BCUT2D eigenvalue weighted by atomic mass is 9.73. The Bertz CT molecular complexity index is 221. The Morgan fingerprint density at radius 3 is 2.71 bits per heavy atom. The van der Waals surface area contributed by atoms with Crippen molar-refractivity contribution in [1.29, 1.82) is 0 Å². The highest BCUT2D eigenvalue weighted by Gasteiger charge is 2.37. The van der Waals surface area contributed by atoms with Crippen molar-refractivity contribution < 1.29 is 4.79 Å². The molecule has 2 rings (SSSR count). The molecule has 1 saturated carbocycles. The minimum Gasteiger partial charge on any atom is -0.337 e. The number of hydrogen-bond donors (Lipinski definition) is 1. The van der Waals surface area contributed by atoms with Crippen molar-refractivity contribution in [3.63, 3.8) is 0 Å². The SMILES string of the molecule is CC(C)C1CC(N2CCNCC2=O)C1. The van der Waals surface area contributed by atoms with Crippen molar-refractivity contribution in [3.05, 3.63) is 0 Å². The summed E-state index contributed by atoms with van der Waals surface area (Å²) >= 11 is 0. The largest absolute Gasteiger partial charge is 0.337 e. The molecule has 0 aromatic carbocycles. The molecule has 1 amide bonds. The molecule has 1 aliphatic heterocycles. The van der Waals surface area contributed by atoms with Gasteiger partial charge in [-0.2, -0.15) is 0 Å². The summed E-state index contributed by atoms with van der Waals surface area (Å²) in [5.41, 5.74) is 0.